The second-order valence-corrected chi connectivity index (χ2v) is 10.6. The summed E-state index contributed by atoms with van der Waals surface area (Å²) in [5.74, 6) is 0.227. The molecule has 2 atom stereocenters. The number of hydrogen-bond acceptors (Lipinski definition) is 6. The summed E-state index contributed by atoms with van der Waals surface area (Å²) in [6.07, 6.45) is 1.57. The lowest BCUT2D eigenvalue weighted by molar-refractivity contribution is -0.127. The van der Waals surface area contributed by atoms with Gasteiger partial charge < -0.3 is 15.0 Å². The lowest BCUT2D eigenvalue weighted by Crippen LogP contribution is -2.48. The van der Waals surface area contributed by atoms with Crippen LogP contribution < -0.4 is 5.32 Å². The van der Waals surface area contributed by atoms with Crippen LogP contribution in [0.15, 0.2) is 63.9 Å². The number of amidine groups is 1. The SMILES string of the molecule is O=C(N[C@H](CN1CCOCC1)c1ccccc1)[C@@H]1CCCN(C2=NS(=O)(=O)c3ccccc32)C1. The number of ether oxygens (including phenoxy) is 1. The molecule has 0 bridgehead atoms. The number of benzene rings is 2. The zero-order valence-corrected chi connectivity index (χ0v) is 19.9. The molecule has 0 radical (unpaired) electrons. The van der Waals surface area contributed by atoms with Crippen molar-refractivity contribution >= 4 is 21.8 Å². The van der Waals surface area contributed by atoms with Crippen molar-refractivity contribution in [1.29, 1.82) is 0 Å². The van der Waals surface area contributed by atoms with Crippen molar-refractivity contribution in [2.24, 2.45) is 10.3 Å². The Hall–Kier alpha value is -2.75. The van der Waals surface area contributed by atoms with E-state index in [4.69, 9.17) is 4.74 Å². The van der Waals surface area contributed by atoms with Gasteiger partial charge in [0.25, 0.3) is 10.0 Å². The highest BCUT2D eigenvalue weighted by atomic mass is 32.2. The van der Waals surface area contributed by atoms with E-state index in [2.05, 4.69) is 14.6 Å². The molecule has 3 aliphatic heterocycles. The zero-order valence-electron chi connectivity index (χ0n) is 19.1. The normalized spacial score (nSPS) is 23.1. The topological polar surface area (TPSA) is 91.3 Å². The quantitative estimate of drug-likeness (QED) is 0.701. The van der Waals surface area contributed by atoms with E-state index in [-0.39, 0.29) is 22.8 Å². The van der Waals surface area contributed by atoms with Gasteiger partial charge >= 0.3 is 0 Å². The highest BCUT2D eigenvalue weighted by Crippen LogP contribution is 2.30. The van der Waals surface area contributed by atoms with Gasteiger partial charge in [0.2, 0.25) is 5.91 Å². The number of amides is 1. The van der Waals surface area contributed by atoms with Gasteiger partial charge in [-0.1, -0.05) is 42.5 Å². The van der Waals surface area contributed by atoms with Crippen LogP contribution in [0, 0.1) is 5.92 Å². The third-order valence-electron chi connectivity index (χ3n) is 6.77. The molecule has 0 spiro atoms. The van der Waals surface area contributed by atoms with Crippen LogP contribution >= 0.6 is 0 Å². The fourth-order valence-electron chi connectivity index (χ4n) is 4.95. The summed E-state index contributed by atoms with van der Waals surface area (Å²) in [6, 6.07) is 16.8. The van der Waals surface area contributed by atoms with Gasteiger partial charge in [0.1, 0.15) is 4.90 Å². The number of carbonyl (C=O) groups excluding carboxylic acids is 1. The molecular formula is C25H30N4O4S. The Labute approximate surface area is 200 Å². The molecule has 1 N–H and O–H groups in total. The maximum absolute atomic E-state index is 13.4. The summed E-state index contributed by atoms with van der Waals surface area (Å²) < 4.78 is 34.5. The Morgan fingerprint density at radius 3 is 2.59 bits per heavy atom. The first-order valence-corrected chi connectivity index (χ1v) is 13.3. The van der Waals surface area contributed by atoms with Crippen molar-refractivity contribution < 1.29 is 17.9 Å². The van der Waals surface area contributed by atoms with Gasteiger partial charge in [-0.3, -0.25) is 9.69 Å². The molecule has 1 amide bonds. The lowest BCUT2D eigenvalue weighted by Gasteiger charge is -2.35. The summed E-state index contributed by atoms with van der Waals surface area (Å²) in [5.41, 5.74) is 1.70. The minimum absolute atomic E-state index is 0.00144. The number of rotatable bonds is 5. The van der Waals surface area contributed by atoms with Gasteiger partial charge in [0, 0.05) is 38.3 Å². The molecule has 180 valence electrons. The fourth-order valence-corrected chi connectivity index (χ4v) is 6.18. The average molecular weight is 483 g/mol. The van der Waals surface area contributed by atoms with E-state index in [1.807, 2.05) is 41.3 Å². The third-order valence-corrected chi connectivity index (χ3v) is 8.09. The van der Waals surface area contributed by atoms with E-state index in [0.29, 0.717) is 37.7 Å². The van der Waals surface area contributed by atoms with Gasteiger partial charge in [0.05, 0.1) is 25.2 Å². The van der Waals surface area contributed by atoms with Crippen molar-refractivity contribution in [1.82, 2.24) is 15.1 Å². The number of piperidine rings is 1. The van der Waals surface area contributed by atoms with Gasteiger partial charge in [0.15, 0.2) is 5.84 Å². The third kappa shape index (κ3) is 4.87. The molecule has 2 fully saturated rings. The summed E-state index contributed by atoms with van der Waals surface area (Å²) in [4.78, 5) is 17.9. The van der Waals surface area contributed by atoms with Crippen LogP contribution in [0.5, 0.6) is 0 Å². The second-order valence-electron chi connectivity index (χ2n) is 9.06. The van der Waals surface area contributed by atoms with Crippen LogP contribution in [-0.4, -0.2) is 75.9 Å². The van der Waals surface area contributed by atoms with Crippen LogP contribution in [0.1, 0.15) is 30.0 Å². The predicted molar refractivity (Wildman–Crippen MR) is 129 cm³/mol. The molecule has 5 rings (SSSR count). The van der Waals surface area contributed by atoms with E-state index in [0.717, 1.165) is 38.0 Å². The van der Waals surface area contributed by atoms with Crippen LogP contribution in [0.4, 0.5) is 0 Å². The zero-order chi connectivity index (χ0) is 23.5. The number of morpholine rings is 1. The van der Waals surface area contributed by atoms with Crippen LogP contribution in [0.2, 0.25) is 0 Å². The number of likely N-dealkylation sites (tertiary alicyclic amines) is 1. The number of nitrogens with zero attached hydrogens (tertiary/aromatic N) is 3. The molecule has 9 heteroatoms. The van der Waals surface area contributed by atoms with E-state index >= 15 is 0 Å². The minimum atomic E-state index is -3.68. The van der Waals surface area contributed by atoms with Crippen LogP contribution in [-0.2, 0) is 19.6 Å². The largest absolute Gasteiger partial charge is 0.379 e. The van der Waals surface area contributed by atoms with E-state index in [9.17, 15) is 13.2 Å². The Morgan fingerprint density at radius 1 is 1.06 bits per heavy atom. The number of hydrogen-bond donors (Lipinski definition) is 1. The first kappa shape index (κ1) is 23.0. The van der Waals surface area contributed by atoms with E-state index < -0.39 is 10.0 Å². The van der Waals surface area contributed by atoms with Crippen molar-refractivity contribution in [2.75, 3.05) is 45.9 Å². The maximum Gasteiger partial charge on any atom is 0.285 e. The first-order valence-electron chi connectivity index (χ1n) is 11.9. The molecule has 0 aromatic heterocycles. The summed E-state index contributed by atoms with van der Waals surface area (Å²) in [7, 11) is -3.68. The Morgan fingerprint density at radius 2 is 1.79 bits per heavy atom. The minimum Gasteiger partial charge on any atom is -0.379 e. The molecule has 0 unspecified atom stereocenters. The lowest BCUT2D eigenvalue weighted by atomic mass is 9.95. The molecule has 0 saturated carbocycles. The Balaban J connectivity index is 1.31. The maximum atomic E-state index is 13.4. The number of carbonyl (C=O) groups is 1. The predicted octanol–water partition coefficient (Wildman–Crippen LogP) is 2.04. The highest BCUT2D eigenvalue weighted by molar-refractivity contribution is 7.90. The Kier molecular flexibility index (Phi) is 6.67. The molecule has 3 aliphatic rings. The summed E-state index contributed by atoms with van der Waals surface area (Å²) in [5, 5.41) is 3.29. The molecule has 2 aromatic rings. The van der Waals surface area contributed by atoms with Crippen molar-refractivity contribution in [3.63, 3.8) is 0 Å². The van der Waals surface area contributed by atoms with Crippen molar-refractivity contribution in [2.45, 2.75) is 23.8 Å². The highest BCUT2D eigenvalue weighted by Gasteiger charge is 2.35. The summed E-state index contributed by atoms with van der Waals surface area (Å²) >= 11 is 0. The summed E-state index contributed by atoms with van der Waals surface area (Å²) in [6.45, 7) is 4.98. The fraction of sp³-hybridized carbons (Fsp3) is 0.440. The smallest absolute Gasteiger partial charge is 0.285 e. The van der Waals surface area contributed by atoms with E-state index in [1.54, 1.807) is 18.2 Å². The molecule has 34 heavy (non-hydrogen) atoms. The Bertz CT molecular complexity index is 1160. The van der Waals surface area contributed by atoms with Crippen molar-refractivity contribution in [3.05, 3.63) is 65.7 Å². The van der Waals surface area contributed by atoms with Gasteiger partial charge in [-0.2, -0.15) is 8.42 Å². The number of nitrogens with one attached hydrogen (secondary N) is 1. The van der Waals surface area contributed by atoms with Gasteiger partial charge in [-0.15, -0.1) is 4.40 Å². The number of fused-ring (bicyclic) bond motifs is 1. The standard InChI is InChI=1S/C25H30N4O4S/c30-25(26-22(19-7-2-1-3-8-19)18-28-13-15-33-16-14-28)20-9-6-12-29(17-20)24-21-10-4-5-11-23(21)34(31,32)27-24/h1-5,7-8,10-11,20,22H,6,9,12-18H2,(H,26,30)/t20-,22-/m1/s1. The monoisotopic (exact) mass is 482 g/mol. The van der Waals surface area contributed by atoms with Gasteiger partial charge in [-0.25, -0.2) is 0 Å². The molecule has 2 aromatic carbocycles. The van der Waals surface area contributed by atoms with Gasteiger partial charge in [-0.05, 0) is 30.5 Å². The van der Waals surface area contributed by atoms with Crippen LogP contribution in [0.3, 0.4) is 0 Å². The molecule has 3 heterocycles. The van der Waals surface area contributed by atoms with Crippen LogP contribution in [0.25, 0.3) is 0 Å². The van der Waals surface area contributed by atoms with Crippen molar-refractivity contribution in [3.8, 4) is 0 Å². The molecule has 0 aliphatic carbocycles. The second kappa shape index (κ2) is 9.85. The molecule has 2 saturated heterocycles. The number of sulfonamides is 1. The average Bonchev–Trinajstić information content (AvgIpc) is 3.16. The first-order chi connectivity index (χ1) is 16.5. The van der Waals surface area contributed by atoms with E-state index in [1.165, 1.54) is 0 Å². The molecular weight excluding hydrogens is 452 g/mol. The molecule has 8 nitrogen and oxygen atoms in total.